The molecule has 0 fully saturated rings. The van der Waals surface area contributed by atoms with Crippen molar-refractivity contribution < 1.29 is 14.7 Å². The summed E-state index contributed by atoms with van der Waals surface area (Å²) < 4.78 is 1.45. The van der Waals surface area contributed by atoms with Gasteiger partial charge >= 0.3 is 5.97 Å². The minimum Gasteiger partial charge on any atom is -0.476 e. The number of para-hydroxylation sites is 2. The number of nitrogens with one attached hydrogen (secondary N) is 1. The second-order valence-corrected chi connectivity index (χ2v) is 5.15. The van der Waals surface area contributed by atoms with E-state index in [4.69, 9.17) is 5.11 Å². The van der Waals surface area contributed by atoms with E-state index in [1.807, 2.05) is 26.0 Å². The largest absolute Gasteiger partial charge is 0.476 e. The van der Waals surface area contributed by atoms with Gasteiger partial charge in [-0.25, -0.2) is 9.48 Å². The Kier molecular flexibility index (Phi) is 4.93. The Balaban J connectivity index is 2.26. The molecule has 22 heavy (non-hydrogen) atoms. The Morgan fingerprint density at radius 2 is 2.05 bits per heavy atom. The molecule has 1 unspecified atom stereocenters. The zero-order valence-corrected chi connectivity index (χ0v) is 12.6. The van der Waals surface area contributed by atoms with Crippen molar-refractivity contribution in [2.75, 3.05) is 5.32 Å². The van der Waals surface area contributed by atoms with Crippen molar-refractivity contribution in [3.63, 3.8) is 0 Å². The molecule has 2 rings (SSSR count). The highest BCUT2D eigenvalue weighted by Gasteiger charge is 2.15. The van der Waals surface area contributed by atoms with Crippen molar-refractivity contribution in [2.24, 2.45) is 5.92 Å². The number of hydrogen-bond donors (Lipinski definition) is 2. The van der Waals surface area contributed by atoms with E-state index in [1.165, 1.54) is 10.7 Å². The first kappa shape index (κ1) is 15.8. The zero-order valence-electron chi connectivity index (χ0n) is 12.6. The Hall–Kier alpha value is -2.63. The molecular weight excluding hydrogens is 282 g/mol. The standard InChI is InChI=1S/C16H19N3O3/c1-3-6-11(2)15(20)17-12-7-4-5-8-14(12)19-10-9-13(18-19)16(21)22/h4-5,7-11H,3,6H2,1-2H3,(H,17,20)(H,21,22). The van der Waals surface area contributed by atoms with Gasteiger partial charge in [0.05, 0.1) is 11.4 Å². The van der Waals surface area contributed by atoms with Gasteiger partial charge in [0.25, 0.3) is 0 Å². The lowest BCUT2D eigenvalue weighted by Crippen LogP contribution is -2.21. The zero-order chi connectivity index (χ0) is 16.1. The molecule has 0 saturated carbocycles. The van der Waals surface area contributed by atoms with E-state index in [1.54, 1.807) is 18.3 Å². The summed E-state index contributed by atoms with van der Waals surface area (Å²) in [5.74, 6) is -1.22. The lowest BCUT2D eigenvalue weighted by atomic mass is 10.1. The van der Waals surface area contributed by atoms with E-state index in [9.17, 15) is 9.59 Å². The van der Waals surface area contributed by atoms with Crippen LogP contribution in [0.3, 0.4) is 0 Å². The van der Waals surface area contributed by atoms with Gasteiger partial charge in [0.1, 0.15) is 0 Å². The van der Waals surface area contributed by atoms with Gasteiger partial charge in [0.2, 0.25) is 5.91 Å². The predicted octanol–water partition coefficient (Wildman–Crippen LogP) is 2.95. The molecule has 6 heteroatoms. The first-order chi connectivity index (χ1) is 10.5. The average Bonchev–Trinajstić information content (AvgIpc) is 2.98. The third kappa shape index (κ3) is 3.52. The summed E-state index contributed by atoms with van der Waals surface area (Å²) >= 11 is 0. The number of aromatic carboxylic acids is 1. The van der Waals surface area contributed by atoms with Crippen LogP contribution in [-0.2, 0) is 4.79 Å². The summed E-state index contributed by atoms with van der Waals surface area (Å²) in [6.07, 6.45) is 3.32. The van der Waals surface area contributed by atoms with Crippen molar-refractivity contribution >= 4 is 17.6 Å². The van der Waals surface area contributed by atoms with Crippen molar-refractivity contribution in [1.82, 2.24) is 9.78 Å². The smallest absolute Gasteiger partial charge is 0.356 e. The Bertz CT molecular complexity index is 679. The number of anilines is 1. The molecule has 0 bridgehead atoms. The first-order valence-corrected chi connectivity index (χ1v) is 7.22. The SMILES string of the molecule is CCCC(C)C(=O)Nc1ccccc1-n1ccc(C(=O)O)n1. The molecule has 2 aromatic rings. The fourth-order valence-electron chi connectivity index (χ4n) is 2.17. The molecule has 0 spiro atoms. The summed E-state index contributed by atoms with van der Waals surface area (Å²) in [5.41, 5.74) is 1.20. The highest BCUT2D eigenvalue weighted by molar-refractivity contribution is 5.94. The Morgan fingerprint density at radius 1 is 1.32 bits per heavy atom. The second kappa shape index (κ2) is 6.89. The summed E-state index contributed by atoms with van der Waals surface area (Å²) in [7, 11) is 0. The molecule has 116 valence electrons. The summed E-state index contributed by atoms with van der Waals surface area (Å²) in [6.45, 7) is 3.92. The lowest BCUT2D eigenvalue weighted by Gasteiger charge is -2.14. The van der Waals surface area contributed by atoms with Crippen LogP contribution in [0.4, 0.5) is 5.69 Å². The van der Waals surface area contributed by atoms with E-state index >= 15 is 0 Å². The lowest BCUT2D eigenvalue weighted by molar-refractivity contribution is -0.119. The van der Waals surface area contributed by atoms with Crippen molar-refractivity contribution in [3.05, 3.63) is 42.2 Å². The third-order valence-corrected chi connectivity index (χ3v) is 3.39. The predicted molar refractivity (Wildman–Crippen MR) is 83.2 cm³/mol. The highest BCUT2D eigenvalue weighted by atomic mass is 16.4. The molecule has 1 heterocycles. The van der Waals surface area contributed by atoms with Gasteiger partial charge in [-0.2, -0.15) is 5.10 Å². The minimum absolute atomic E-state index is 0.0412. The van der Waals surface area contributed by atoms with Crippen LogP contribution in [0.2, 0.25) is 0 Å². The quantitative estimate of drug-likeness (QED) is 0.859. The molecule has 0 radical (unpaired) electrons. The van der Waals surface area contributed by atoms with Crippen LogP contribution in [-0.4, -0.2) is 26.8 Å². The van der Waals surface area contributed by atoms with Crippen molar-refractivity contribution in [1.29, 1.82) is 0 Å². The summed E-state index contributed by atoms with van der Waals surface area (Å²) in [4.78, 5) is 23.1. The molecule has 1 atom stereocenters. The van der Waals surface area contributed by atoms with E-state index < -0.39 is 5.97 Å². The normalized spacial score (nSPS) is 11.9. The molecule has 0 saturated heterocycles. The van der Waals surface area contributed by atoms with Gasteiger partial charge in [-0.1, -0.05) is 32.4 Å². The highest BCUT2D eigenvalue weighted by Crippen LogP contribution is 2.21. The number of benzene rings is 1. The monoisotopic (exact) mass is 301 g/mol. The van der Waals surface area contributed by atoms with Gasteiger partial charge in [0, 0.05) is 12.1 Å². The number of nitrogens with zero attached hydrogens (tertiary/aromatic N) is 2. The van der Waals surface area contributed by atoms with E-state index in [2.05, 4.69) is 10.4 Å². The number of amides is 1. The van der Waals surface area contributed by atoms with Gasteiger partial charge in [-0.15, -0.1) is 0 Å². The molecule has 1 aromatic carbocycles. The fraction of sp³-hybridized carbons (Fsp3) is 0.312. The van der Waals surface area contributed by atoms with Gasteiger partial charge < -0.3 is 10.4 Å². The van der Waals surface area contributed by atoms with E-state index in [-0.39, 0.29) is 17.5 Å². The number of aromatic nitrogens is 2. The van der Waals surface area contributed by atoms with E-state index in [0.29, 0.717) is 11.4 Å². The number of rotatable bonds is 6. The Labute approximate surface area is 128 Å². The molecule has 0 aliphatic carbocycles. The van der Waals surface area contributed by atoms with Crippen LogP contribution >= 0.6 is 0 Å². The van der Waals surface area contributed by atoms with Crippen LogP contribution in [0.1, 0.15) is 37.2 Å². The maximum atomic E-state index is 12.2. The average molecular weight is 301 g/mol. The van der Waals surface area contributed by atoms with Crippen LogP contribution < -0.4 is 5.32 Å². The van der Waals surface area contributed by atoms with Crippen molar-refractivity contribution in [3.8, 4) is 5.69 Å². The maximum absolute atomic E-state index is 12.2. The molecule has 0 aliphatic heterocycles. The van der Waals surface area contributed by atoms with Crippen LogP contribution in [0.25, 0.3) is 5.69 Å². The number of carboxylic acid groups (broad SMARTS) is 1. The third-order valence-electron chi connectivity index (χ3n) is 3.39. The topological polar surface area (TPSA) is 84.2 Å². The molecule has 1 aromatic heterocycles. The first-order valence-electron chi connectivity index (χ1n) is 7.22. The fourth-order valence-corrected chi connectivity index (χ4v) is 2.17. The van der Waals surface area contributed by atoms with Gasteiger partial charge in [-0.3, -0.25) is 4.79 Å². The molecular formula is C16H19N3O3. The van der Waals surface area contributed by atoms with E-state index in [0.717, 1.165) is 12.8 Å². The molecule has 6 nitrogen and oxygen atoms in total. The minimum atomic E-state index is -1.09. The number of carbonyl (C=O) groups is 2. The van der Waals surface area contributed by atoms with Gasteiger partial charge in [-0.05, 0) is 24.6 Å². The number of carboxylic acids is 1. The Morgan fingerprint density at radius 3 is 2.68 bits per heavy atom. The summed E-state index contributed by atoms with van der Waals surface area (Å²) in [6, 6.07) is 8.58. The maximum Gasteiger partial charge on any atom is 0.356 e. The van der Waals surface area contributed by atoms with Crippen LogP contribution in [0.5, 0.6) is 0 Å². The van der Waals surface area contributed by atoms with Crippen molar-refractivity contribution in [2.45, 2.75) is 26.7 Å². The number of carbonyl (C=O) groups excluding carboxylic acids is 1. The molecule has 2 N–H and O–H groups in total. The molecule has 0 aliphatic rings. The summed E-state index contributed by atoms with van der Waals surface area (Å²) in [5, 5.41) is 15.8. The molecule has 1 amide bonds. The second-order valence-electron chi connectivity index (χ2n) is 5.15. The van der Waals surface area contributed by atoms with Crippen LogP contribution in [0, 0.1) is 5.92 Å². The van der Waals surface area contributed by atoms with Crippen LogP contribution in [0.15, 0.2) is 36.5 Å². The van der Waals surface area contributed by atoms with Gasteiger partial charge in [0.15, 0.2) is 5.69 Å². The number of hydrogen-bond acceptors (Lipinski definition) is 3.